The number of thioether (sulfide) groups is 1. The van der Waals surface area contributed by atoms with Crippen molar-refractivity contribution in [3.8, 4) is 5.75 Å². The molecule has 2 atom stereocenters. The summed E-state index contributed by atoms with van der Waals surface area (Å²) in [6.45, 7) is -0.0875. The molecule has 0 radical (unpaired) electrons. The van der Waals surface area contributed by atoms with Crippen LogP contribution in [0, 0.1) is 0 Å². The molecule has 0 saturated carbocycles. The lowest BCUT2D eigenvalue weighted by Crippen LogP contribution is -2.16. The summed E-state index contributed by atoms with van der Waals surface area (Å²) in [4.78, 5) is 0. The normalized spacial score (nSPS) is 21.5. The zero-order chi connectivity index (χ0) is 12.3. The van der Waals surface area contributed by atoms with Crippen molar-refractivity contribution in [1.29, 1.82) is 0 Å². The molecule has 94 valence electrons. The van der Waals surface area contributed by atoms with Crippen molar-refractivity contribution >= 4 is 23.4 Å². The van der Waals surface area contributed by atoms with Crippen LogP contribution >= 0.6 is 23.4 Å². The minimum absolute atomic E-state index is 0.0875. The average Bonchev–Trinajstić information content (AvgIpc) is 2.83. The fourth-order valence-electron chi connectivity index (χ4n) is 1.73. The molecule has 0 aliphatic carbocycles. The third-order valence-electron chi connectivity index (χ3n) is 2.76. The van der Waals surface area contributed by atoms with Gasteiger partial charge in [-0.15, -0.1) is 0 Å². The van der Waals surface area contributed by atoms with Gasteiger partial charge >= 0.3 is 0 Å². The average molecular weight is 274 g/mol. The number of nitrogens with two attached hydrogens (primary N) is 1. The number of hydrogen-bond donors (Lipinski definition) is 2. The van der Waals surface area contributed by atoms with Gasteiger partial charge in [-0.2, -0.15) is 11.8 Å². The van der Waals surface area contributed by atoms with Crippen molar-refractivity contribution in [3.63, 3.8) is 0 Å². The van der Waals surface area contributed by atoms with Crippen molar-refractivity contribution in [3.05, 3.63) is 28.8 Å². The second kappa shape index (κ2) is 5.96. The third kappa shape index (κ3) is 3.28. The Morgan fingerprint density at radius 3 is 3.00 bits per heavy atom. The molecule has 0 aromatic heterocycles. The Bertz CT molecular complexity index is 383. The van der Waals surface area contributed by atoms with Crippen LogP contribution in [0.4, 0.5) is 0 Å². The lowest BCUT2D eigenvalue weighted by molar-refractivity contribution is 0.229. The molecule has 1 fully saturated rings. The minimum Gasteiger partial charge on any atom is -0.488 e. The molecule has 17 heavy (non-hydrogen) atoms. The summed E-state index contributed by atoms with van der Waals surface area (Å²) in [5.74, 6) is 2.87. The lowest BCUT2D eigenvalue weighted by Gasteiger charge is -2.15. The van der Waals surface area contributed by atoms with Crippen LogP contribution in [0.1, 0.15) is 18.0 Å². The SMILES string of the molecule is NC(CO)c1ccc(OC2CCSC2)c(Cl)c1. The quantitative estimate of drug-likeness (QED) is 0.883. The molecule has 3 N–H and O–H groups in total. The molecule has 1 saturated heterocycles. The van der Waals surface area contributed by atoms with Gasteiger partial charge in [-0.1, -0.05) is 17.7 Å². The number of halogens is 1. The van der Waals surface area contributed by atoms with E-state index >= 15 is 0 Å². The van der Waals surface area contributed by atoms with Crippen LogP contribution in [-0.2, 0) is 0 Å². The van der Waals surface area contributed by atoms with Crippen molar-refractivity contribution in [2.75, 3.05) is 18.1 Å². The Morgan fingerprint density at radius 2 is 2.41 bits per heavy atom. The molecule has 5 heteroatoms. The van der Waals surface area contributed by atoms with Crippen LogP contribution in [-0.4, -0.2) is 29.3 Å². The summed E-state index contributed by atoms with van der Waals surface area (Å²) in [6, 6.07) is 5.06. The van der Waals surface area contributed by atoms with E-state index in [9.17, 15) is 0 Å². The monoisotopic (exact) mass is 273 g/mol. The maximum Gasteiger partial charge on any atom is 0.138 e. The van der Waals surface area contributed by atoms with E-state index in [4.69, 9.17) is 27.2 Å². The van der Waals surface area contributed by atoms with Crippen molar-refractivity contribution in [2.45, 2.75) is 18.6 Å². The Labute approximate surface area is 110 Å². The van der Waals surface area contributed by atoms with Crippen LogP contribution in [0.5, 0.6) is 5.75 Å². The summed E-state index contributed by atoms with van der Waals surface area (Å²) in [6.07, 6.45) is 1.33. The first-order chi connectivity index (χ1) is 8.20. The van der Waals surface area contributed by atoms with Crippen LogP contribution in [0.3, 0.4) is 0 Å². The smallest absolute Gasteiger partial charge is 0.138 e. The van der Waals surface area contributed by atoms with Crippen molar-refractivity contribution in [2.24, 2.45) is 5.73 Å². The first-order valence-corrected chi connectivity index (χ1v) is 7.14. The Morgan fingerprint density at radius 1 is 1.59 bits per heavy atom. The third-order valence-corrected chi connectivity index (χ3v) is 4.19. The van der Waals surface area contributed by atoms with E-state index in [1.54, 1.807) is 6.07 Å². The molecule has 2 unspecified atom stereocenters. The molecule has 3 nitrogen and oxygen atoms in total. The number of benzene rings is 1. The Hall–Kier alpha value is -0.420. The zero-order valence-electron chi connectivity index (χ0n) is 9.43. The number of aliphatic hydroxyl groups excluding tert-OH is 1. The van der Waals surface area contributed by atoms with Gasteiger partial charge < -0.3 is 15.6 Å². The highest BCUT2D eigenvalue weighted by atomic mass is 35.5. The van der Waals surface area contributed by atoms with Crippen LogP contribution in [0.15, 0.2) is 18.2 Å². The molecule has 0 spiro atoms. The highest BCUT2D eigenvalue weighted by Gasteiger charge is 2.18. The van der Waals surface area contributed by atoms with Gasteiger partial charge in [0.15, 0.2) is 0 Å². The molecule has 2 rings (SSSR count). The van der Waals surface area contributed by atoms with Crippen molar-refractivity contribution in [1.82, 2.24) is 0 Å². The van der Waals surface area contributed by atoms with E-state index in [0.29, 0.717) is 10.8 Å². The summed E-state index contributed by atoms with van der Waals surface area (Å²) in [5.41, 5.74) is 6.55. The highest BCUT2D eigenvalue weighted by molar-refractivity contribution is 7.99. The van der Waals surface area contributed by atoms with E-state index in [0.717, 1.165) is 23.5 Å². The van der Waals surface area contributed by atoms with Crippen LogP contribution in [0.25, 0.3) is 0 Å². The van der Waals surface area contributed by atoms with Gasteiger partial charge in [0.2, 0.25) is 0 Å². The summed E-state index contributed by atoms with van der Waals surface area (Å²) in [5, 5.41) is 9.53. The van der Waals surface area contributed by atoms with Gasteiger partial charge in [0.25, 0.3) is 0 Å². The maximum atomic E-state index is 8.98. The summed E-state index contributed by atoms with van der Waals surface area (Å²) >= 11 is 8.04. The molecule has 1 aromatic rings. The van der Waals surface area contributed by atoms with E-state index < -0.39 is 0 Å². The van der Waals surface area contributed by atoms with E-state index in [1.807, 2.05) is 23.9 Å². The predicted molar refractivity (Wildman–Crippen MR) is 71.8 cm³/mol. The first kappa shape index (κ1) is 13.0. The fraction of sp³-hybridized carbons (Fsp3) is 0.500. The van der Waals surface area contributed by atoms with E-state index in [-0.39, 0.29) is 18.8 Å². The van der Waals surface area contributed by atoms with Gasteiger partial charge in [0, 0.05) is 5.75 Å². The highest BCUT2D eigenvalue weighted by Crippen LogP contribution is 2.30. The molecule has 0 amide bonds. The molecular weight excluding hydrogens is 258 g/mol. The van der Waals surface area contributed by atoms with Crippen LogP contribution in [0.2, 0.25) is 5.02 Å². The van der Waals surface area contributed by atoms with E-state index in [2.05, 4.69) is 0 Å². The molecule has 1 aliphatic heterocycles. The molecule has 0 bridgehead atoms. The summed E-state index contributed by atoms with van der Waals surface area (Å²) in [7, 11) is 0. The molecular formula is C12H16ClNO2S. The summed E-state index contributed by atoms with van der Waals surface area (Å²) < 4.78 is 5.82. The predicted octanol–water partition coefficient (Wildman–Crippen LogP) is 2.22. The first-order valence-electron chi connectivity index (χ1n) is 5.61. The number of aliphatic hydroxyl groups is 1. The van der Waals surface area contributed by atoms with Gasteiger partial charge in [-0.05, 0) is 29.9 Å². The molecule has 1 heterocycles. The van der Waals surface area contributed by atoms with Crippen LogP contribution < -0.4 is 10.5 Å². The van der Waals surface area contributed by atoms with Gasteiger partial charge in [0.05, 0.1) is 17.7 Å². The number of rotatable bonds is 4. The lowest BCUT2D eigenvalue weighted by atomic mass is 10.1. The largest absolute Gasteiger partial charge is 0.488 e. The van der Waals surface area contributed by atoms with Gasteiger partial charge in [-0.25, -0.2) is 0 Å². The zero-order valence-corrected chi connectivity index (χ0v) is 11.0. The second-order valence-electron chi connectivity index (χ2n) is 4.08. The number of hydrogen-bond acceptors (Lipinski definition) is 4. The molecule has 1 aliphatic rings. The number of ether oxygens (including phenoxy) is 1. The topological polar surface area (TPSA) is 55.5 Å². The molecule has 1 aromatic carbocycles. The van der Waals surface area contributed by atoms with E-state index in [1.165, 1.54) is 0 Å². The minimum atomic E-state index is -0.386. The van der Waals surface area contributed by atoms with Gasteiger partial charge in [-0.3, -0.25) is 0 Å². The second-order valence-corrected chi connectivity index (χ2v) is 5.64. The van der Waals surface area contributed by atoms with Crippen molar-refractivity contribution < 1.29 is 9.84 Å². The fourth-order valence-corrected chi connectivity index (χ4v) is 3.06. The Balaban J connectivity index is 2.08. The Kier molecular flexibility index (Phi) is 4.56. The maximum absolute atomic E-state index is 8.98. The standard InChI is InChI=1S/C12H16ClNO2S/c13-10-5-8(11(14)6-15)1-2-12(10)16-9-3-4-17-7-9/h1-2,5,9,11,15H,3-4,6-7,14H2. The van der Waals surface area contributed by atoms with Gasteiger partial charge in [0.1, 0.15) is 11.9 Å².